The zero-order chi connectivity index (χ0) is 16.2. The van der Waals surface area contributed by atoms with Gasteiger partial charge in [0.15, 0.2) is 0 Å². The molecule has 1 atom stereocenters. The number of amides is 1. The van der Waals surface area contributed by atoms with Crippen LogP contribution in [0.2, 0.25) is 0 Å². The zero-order valence-electron chi connectivity index (χ0n) is 13.2. The van der Waals surface area contributed by atoms with Crippen LogP contribution in [-0.2, 0) is 9.53 Å². The first-order chi connectivity index (χ1) is 11.1. The number of benzene rings is 1. The Morgan fingerprint density at radius 1 is 1.26 bits per heavy atom. The Hall–Kier alpha value is -1.93. The highest BCUT2D eigenvalue weighted by atomic mass is 32.2. The molecule has 2 aromatic rings. The lowest BCUT2D eigenvalue weighted by molar-refractivity contribution is -0.134. The van der Waals surface area contributed by atoms with Crippen LogP contribution in [0.5, 0.6) is 0 Å². The predicted molar refractivity (Wildman–Crippen MR) is 86.6 cm³/mol. The highest BCUT2D eigenvalue weighted by Crippen LogP contribution is 2.24. The molecule has 23 heavy (non-hydrogen) atoms. The molecular weight excluding hydrogens is 314 g/mol. The van der Waals surface area contributed by atoms with E-state index in [9.17, 15) is 4.79 Å². The number of nitrogens with zero attached hydrogens (tertiary/aromatic N) is 5. The largest absolute Gasteiger partial charge is 0.378 e. The molecule has 0 N–H and O–H groups in total. The number of thioether (sulfide) groups is 1. The fourth-order valence-electron chi connectivity index (χ4n) is 2.35. The lowest BCUT2D eigenvalue weighted by Crippen LogP contribution is -2.44. The van der Waals surface area contributed by atoms with Crippen LogP contribution < -0.4 is 0 Å². The maximum Gasteiger partial charge on any atom is 0.236 e. The summed E-state index contributed by atoms with van der Waals surface area (Å²) in [5, 5.41) is 12.2. The molecule has 1 saturated heterocycles. The molecule has 0 spiro atoms. The predicted octanol–water partition coefficient (Wildman–Crippen LogP) is 1.31. The third-order valence-electron chi connectivity index (χ3n) is 3.67. The molecule has 1 aliphatic heterocycles. The second kappa shape index (κ2) is 7.10. The molecular formula is C15H19N5O2S. The molecule has 3 rings (SSSR count). The van der Waals surface area contributed by atoms with Crippen LogP contribution in [-0.4, -0.2) is 62.6 Å². The van der Waals surface area contributed by atoms with Crippen LogP contribution in [0.15, 0.2) is 29.4 Å². The minimum absolute atomic E-state index is 0.0942. The maximum atomic E-state index is 12.5. The first-order valence-electron chi connectivity index (χ1n) is 7.54. The van der Waals surface area contributed by atoms with Crippen molar-refractivity contribution in [1.29, 1.82) is 0 Å². The quantitative estimate of drug-likeness (QED) is 0.786. The number of carbonyl (C=O) groups excluding carboxylic acids is 1. The fourth-order valence-corrected chi connectivity index (χ4v) is 3.24. The van der Waals surface area contributed by atoms with E-state index in [0.29, 0.717) is 31.5 Å². The topological polar surface area (TPSA) is 73.1 Å². The Labute approximate surface area is 139 Å². The van der Waals surface area contributed by atoms with Crippen LogP contribution in [0, 0.1) is 6.92 Å². The van der Waals surface area contributed by atoms with E-state index < -0.39 is 0 Å². The molecule has 1 aromatic heterocycles. The van der Waals surface area contributed by atoms with E-state index in [2.05, 4.69) is 15.5 Å². The molecule has 1 amide bonds. The van der Waals surface area contributed by atoms with Gasteiger partial charge in [-0.1, -0.05) is 29.5 Å². The van der Waals surface area contributed by atoms with Gasteiger partial charge in [-0.3, -0.25) is 4.79 Å². The van der Waals surface area contributed by atoms with E-state index >= 15 is 0 Å². The van der Waals surface area contributed by atoms with Gasteiger partial charge >= 0.3 is 0 Å². The van der Waals surface area contributed by atoms with E-state index in [1.165, 1.54) is 17.3 Å². The molecule has 0 radical (unpaired) electrons. The van der Waals surface area contributed by atoms with Gasteiger partial charge in [-0.2, -0.15) is 4.68 Å². The van der Waals surface area contributed by atoms with Crippen molar-refractivity contribution >= 4 is 17.7 Å². The minimum atomic E-state index is -0.247. The number of tetrazole rings is 1. The van der Waals surface area contributed by atoms with E-state index in [0.717, 1.165) is 5.69 Å². The summed E-state index contributed by atoms with van der Waals surface area (Å²) in [5.74, 6) is 0.0942. The number of hydrogen-bond acceptors (Lipinski definition) is 6. The molecule has 1 aromatic carbocycles. The normalized spacial score (nSPS) is 16.3. The van der Waals surface area contributed by atoms with Crippen molar-refractivity contribution < 1.29 is 9.53 Å². The van der Waals surface area contributed by atoms with Gasteiger partial charge in [0, 0.05) is 13.1 Å². The van der Waals surface area contributed by atoms with E-state index in [1.54, 1.807) is 4.68 Å². The molecule has 1 unspecified atom stereocenters. The lowest BCUT2D eigenvalue weighted by Gasteiger charge is -2.28. The van der Waals surface area contributed by atoms with Crippen LogP contribution >= 0.6 is 11.8 Å². The summed E-state index contributed by atoms with van der Waals surface area (Å²) in [6.45, 7) is 6.41. The van der Waals surface area contributed by atoms with Gasteiger partial charge in [0.1, 0.15) is 0 Å². The highest BCUT2D eigenvalue weighted by Gasteiger charge is 2.25. The first kappa shape index (κ1) is 15.9. The van der Waals surface area contributed by atoms with Crippen molar-refractivity contribution in [1.82, 2.24) is 25.1 Å². The van der Waals surface area contributed by atoms with Gasteiger partial charge < -0.3 is 9.64 Å². The molecule has 8 heteroatoms. The molecule has 0 saturated carbocycles. The van der Waals surface area contributed by atoms with Gasteiger partial charge in [0.05, 0.1) is 24.2 Å². The third-order valence-corrected chi connectivity index (χ3v) is 4.69. The average Bonchev–Trinajstić information content (AvgIpc) is 3.03. The summed E-state index contributed by atoms with van der Waals surface area (Å²) >= 11 is 1.37. The van der Waals surface area contributed by atoms with Gasteiger partial charge in [-0.15, -0.1) is 5.10 Å². The van der Waals surface area contributed by atoms with Crippen molar-refractivity contribution in [3.8, 4) is 5.69 Å². The average molecular weight is 333 g/mol. The summed E-state index contributed by atoms with van der Waals surface area (Å²) in [6.07, 6.45) is 0. The second-order valence-corrected chi connectivity index (χ2v) is 6.71. The van der Waals surface area contributed by atoms with Gasteiger partial charge in [0.2, 0.25) is 11.1 Å². The molecule has 2 heterocycles. The molecule has 7 nitrogen and oxygen atoms in total. The number of ether oxygens (including phenoxy) is 1. The first-order valence-corrected chi connectivity index (χ1v) is 8.42. The number of aromatic nitrogens is 4. The van der Waals surface area contributed by atoms with Crippen molar-refractivity contribution in [3.63, 3.8) is 0 Å². The standard InChI is InChI=1S/C15H19N5O2S/c1-11-3-5-13(6-4-11)20-15(16-17-18-20)23-12(2)14(21)19-7-9-22-10-8-19/h3-6,12H,7-10H2,1-2H3. The smallest absolute Gasteiger partial charge is 0.236 e. The van der Waals surface area contributed by atoms with Crippen LogP contribution in [0.25, 0.3) is 5.69 Å². The van der Waals surface area contributed by atoms with Crippen LogP contribution in [0.1, 0.15) is 12.5 Å². The van der Waals surface area contributed by atoms with Crippen LogP contribution in [0.4, 0.5) is 0 Å². The molecule has 1 fully saturated rings. The maximum absolute atomic E-state index is 12.5. The Bertz CT molecular complexity index is 667. The van der Waals surface area contributed by atoms with Crippen molar-refractivity contribution in [2.45, 2.75) is 24.3 Å². The van der Waals surface area contributed by atoms with Crippen LogP contribution in [0.3, 0.4) is 0 Å². The Morgan fingerprint density at radius 3 is 2.65 bits per heavy atom. The highest BCUT2D eigenvalue weighted by molar-refractivity contribution is 8.00. The number of rotatable bonds is 4. The Balaban J connectivity index is 1.71. The van der Waals surface area contributed by atoms with Gasteiger partial charge in [-0.25, -0.2) is 0 Å². The van der Waals surface area contributed by atoms with Gasteiger partial charge in [0.25, 0.3) is 0 Å². The summed E-state index contributed by atoms with van der Waals surface area (Å²) in [7, 11) is 0. The monoisotopic (exact) mass is 333 g/mol. The summed E-state index contributed by atoms with van der Waals surface area (Å²) in [5.41, 5.74) is 2.06. The van der Waals surface area contributed by atoms with E-state index in [4.69, 9.17) is 4.74 Å². The molecule has 0 aliphatic carbocycles. The van der Waals surface area contributed by atoms with Crippen molar-refractivity contribution in [2.75, 3.05) is 26.3 Å². The summed E-state index contributed by atoms with van der Waals surface area (Å²) < 4.78 is 6.94. The molecule has 0 bridgehead atoms. The third kappa shape index (κ3) is 3.70. The van der Waals surface area contributed by atoms with Crippen molar-refractivity contribution in [3.05, 3.63) is 29.8 Å². The summed E-state index contributed by atoms with van der Waals surface area (Å²) in [6, 6.07) is 7.94. The second-order valence-electron chi connectivity index (χ2n) is 5.41. The van der Waals surface area contributed by atoms with E-state index in [1.807, 2.05) is 43.0 Å². The molecule has 122 valence electrons. The summed E-state index contributed by atoms with van der Waals surface area (Å²) in [4.78, 5) is 14.3. The minimum Gasteiger partial charge on any atom is -0.378 e. The number of hydrogen-bond donors (Lipinski definition) is 0. The van der Waals surface area contributed by atoms with Crippen molar-refractivity contribution in [2.24, 2.45) is 0 Å². The Kier molecular flexibility index (Phi) is 4.92. The fraction of sp³-hybridized carbons (Fsp3) is 0.467. The van der Waals surface area contributed by atoms with E-state index in [-0.39, 0.29) is 11.2 Å². The SMILES string of the molecule is Cc1ccc(-n2nnnc2SC(C)C(=O)N2CCOCC2)cc1. The lowest BCUT2D eigenvalue weighted by atomic mass is 10.2. The Morgan fingerprint density at radius 2 is 1.96 bits per heavy atom. The zero-order valence-corrected chi connectivity index (χ0v) is 14.0. The van der Waals surface area contributed by atoms with Gasteiger partial charge in [-0.05, 0) is 36.4 Å². The molecule has 1 aliphatic rings. The number of aryl methyl sites for hydroxylation is 1. The number of carbonyl (C=O) groups is 1. The number of morpholine rings is 1.